The van der Waals surface area contributed by atoms with Crippen LogP contribution < -0.4 is 96.2 Å². The van der Waals surface area contributed by atoms with Gasteiger partial charge in [-0.15, -0.1) is 0 Å². The van der Waals surface area contributed by atoms with Crippen molar-refractivity contribution in [3.05, 3.63) is 75.9 Å². The van der Waals surface area contributed by atoms with E-state index in [-0.39, 0.29) is 167 Å². The maximum Gasteiger partial charge on any atom is 0.317 e. The number of carboxylic acid groups (broad SMARTS) is 4. The highest BCUT2D eigenvalue weighted by molar-refractivity contribution is 6.35. The number of hydrogen-bond donors (Lipinski definition) is 23. The SMILES string of the molecule is COc1cc2c(cc1-c1cccc(NC(=O)CCC(=O)NCCCC[C@@H](NC(=O)[C@@H](CCC(=O)O)NC(=O)[C@@H](CCCNC(=N)N)NC(=O)[C@@H](C)NC(=O)CN3CCN(CC(=O)O)CCN(CC(=O)O)CCN(CC(=O)O)CC3)C(=O)N[C@H](CCCNC(=N)N)C(=O)N[C@H](CCCNC(=N)N)C(=O)N[C@H](C)C(N)=O)c1)-c1c(c(C(=O)N3CCOCC3(C)C)nn1-c1cc(Cl)cc(Cl)c1)CO2. The second-order valence-corrected chi connectivity index (χ2v) is 34.1. The Hall–Kier alpha value is -13.3. The largest absolute Gasteiger partial charge is 0.496 e. The molecule has 27 N–H and O–H groups in total. The third kappa shape index (κ3) is 36.2. The van der Waals surface area contributed by atoms with Crippen molar-refractivity contribution in [2.24, 2.45) is 22.9 Å². The average molecular weight is 1930 g/mol. The summed E-state index contributed by atoms with van der Waals surface area (Å²) in [5.74, 6) is -14.8. The number of carbonyl (C=O) groups excluding carboxylic acids is 11. The van der Waals surface area contributed by atoms with Crippen molar-refractivity contribution in [2.75, 3.05) is 137 Å². The van der Waals surface area contributed by atoms with Gasteiger partial charge < -0.3 is 126 Å². The number of nitrogens with zero attached hydrogens (tertiary/aromatic N) is 7. The summed E-state index contributed by atoms with van der Waals surface area (Å²) in [7, 11) is 1.48. The standard InChI is InChI=1S/C85H124Cl2N26O22/c1-48(74(88)125)100-76(127)59(15-9-23-96-82(89)90)104-79(130)61(17-11-25-98-84(93)94)105-77(128)58(103-80(131)62(18-21-68(117)118)106-78(129)60(16-10-24-97-83(91)92)102-75(126)49(2)99-67(116)42-108-26-28-109(43-69(119)120)30-32-111(45-71(123)124)33-31-110(29-27-108)44-70(121)122)14-6-7-22-95-65(114)19-20-66(115)101-53-13-8-12-50(36-53)55-40-56-64(41-63(55)133-5)135-46-57-72(81(132)112-34-35-134-47-85(112,3)4)107-113(73(56)57)54-38-51(86)37-52(87)39-54/h8,12-13,36-41,48-49,58-62H,6-7,9-11,14-35,42-47H2,1-5H3,(H2,88,125)(H,95,114)(H,99,116)(H,100,127)(H,101,115)(H,102,126)(H,103,131)(H,104,130)(H,105,128)(H,106,129)(H,117,118)(H,119,120)(H,121,122)(H,123,124)(H4,89,90,96)(H4,91,92,97)(H4,93,94,98)/t48-,49-,58-,59-,60-,61-,62-/m1/s1. The van der Waals surface area contributed by atoms with E-state index in [1.807, 2.05) is 19.9 Å². The fourth-order valence-electron chi connectivity index (χ4n) is 15.0. The van der Waals surface area contributed by atoms with Crippen LogP contribution in [0.2, 0.25) is 10.0 Å². The number of morpholine rings is 1. The van der Waals surface area contributed by atoms with Crippen LogP contribution in [0.15, 0.2) is 54.6 Å². The summed E-state index contributed by atoms with van der Waals surface area (Å²) in [4.78, 5) is 211. The first-order chi connectivity index (χ1) is 64.0. The molecule has 4 aromatic rings. The number of carbonyl (C=O) groups is 15. The third-order valence-corrected chi connectivity index (χ3v) is 22.5. The number of amides is 11. The quantitative estimate of drug-likeness (QED) is 0.0126. The fourth-order valence-corrected chi connectivity index (χ4v) is 15.5. The number of fused-ring (bicyclic) bond motifs is 3. The summed E-state index contributed by atoms with van der Waals surface area (Å²) in [5.41, 5.74) is 25.0. The number of primary amides is 1. The minimum absolute atomic E-state index is 0.00554. The molecule has 3 aliphatic heterocycles. The molecular weight excluding hydrogens is 1810 g/mol. The highest BCUT2D eigenvalue weighted by atomic mass is 35.5. The zero-order valence-electron chi connectivity index (χ0n) is 75.9. The van der Waals surface area contributed by atoms with E-state index in [4.69, 9.17) is 81.7 Å². The van der Waals surface area contributed by atoms with Gasteiger partial charge in [-0.05, 0) is 134 Å². The van der Waals surface area contributed by atoms with Crippen molar-refractivity contribution in [3.63, 3.8) is 0 Å². The molecule has 2 saturated heterocycles. The van der Waals surface area contributed by atoms with Gasteiger partial charge in [0.05, 0.1) is 63.4 Å². The molecule has 7 rings (SSSR count). The molecule has 0 bridgehead atoms. The number of rotatable bonds is 50. The van der Waals surface area contributed by atoms with Gasteiger partial charge in [-0.25, -0.2) is 4.68 Å². The van der Waals surface area contributed by atoms with Crippen LogP contribution in [0.5, 0.6) is 11.5 Å². The number of carboxylic acids is 4. The molecule has 0 spiro atoms. The van der Waals surface area contributed by atoms with E-state index in [0.717, 1.165) is 0 Å². The van der Waals surface area contributed by atoms with Gasteiger partial charge >= 0.3 is 23.9 Å². The summed E-state index contributed by atoms with van der Waals surface area (Å²) in [5, 5.41) is 98.7. The number of aromatic nitrogens is 2. The predicted octanol–water partition coefficient (Wildman–Crippen LogP) is -2.28. The van der Waals surface area contributed by atoms with Crippen molar-refractivity contribution in [3.8, 4) is 39.6 Å². The molecule has 740 valence electrons. The molecule has 1 aromatic heterocycles. The summed E-state index contributed by atoms with van der Waals surface area (Å²) in [6, 6.07) is 4.44. The maximum absolute atomic E-state index is 15.0. The molecule has 0 saturated carbocycles. The second-order valence-electron chi connectivity index (χ2n) is 33.2. The smallest absolute Gasteiger partial charge is 0.317 e. The lowest BCUT2D eigenvalue weighted by Crippen LogP contribution is -2.60. The fraction of sp³-hybridized carbons (Fsp3) is 0.541. The number of halogens is 2. The van der Waals surface area contributed by atoms with Gasteiger partial charge in [-0.3, -0.25) is 108 Å². The Morgan fingerprint density at radius 3 is 1.41 bits per heavy atom. The van der Waals surface area contributed by atoms with Crippen molar-refractivity contribution >= 4 is 136 Å². The molecular formula is C85H124Cl2N26O22. The first kappa shape index (κ1) is 109. The van der Waals surface area contributed by atoms with Gasteiger partial charge in [0, 0.05) is 143 Å². The summed E-state index contributed by atoms with van der Waals surface area (Å²) in [6.45, 7) is 6.03. The lowest BCUT2D eigenvalue weighted by Gasteiger charge is -2.41. The van der Waals surface area contributed by atoms with Crippen molar-refractivity contribution in [1.29, 1.82) is 16.2 Å². The minimum atomic E-state index is -1.84. The molecule has 3 aliphatic rings. The highest BCUT2D eigenvalue weighted by Crippen LogP contribution is 2.47. The van der Waals surface area contributed by atoms with Gasteiger partial charge in [0.25, 0.3) is 5.91 Å². The maximum atomic E-state index is 15.0. The average Bonchev–Trinajstić information content (AvgIpc) is 1.59. The molecule has 135 heavy (non-hydrogen) atoms. The van der Waals surface area contributed by atoms with Crippen LogP contribution >= 0.6 is 23.2 Å². The number of unbranched alkanes of at least 4 members (excludes halogenated alkanes) is 1. The zero-order valence-corrected chi connectivity index (χ0v) is 77.4. The van der Waals surface area contributed by atoms with Crippen molar-refractivity contribution in [1.82, 2.24) is 92.8 Å². The first-order valence-electron chi connectivity index (χ1n) is 43.9. The van der Waals surface area contributed by atoms with Gasteiger partial charge in [0.2, 0.25) is 59.1 Å². The van der Waals surface area contributed by atoms with Gasteiger partial charge in [0.15, 0.2) is 23.6 Å². The Bertz CT molecular complexity index is 4880. The van der Waals surface area contributed by atoms with Crippen molar-refractivity contribution < 1.29 is 107 Å². The minimum Gasteiger partial charge on any atom is -0.496 e. The molecule has 2 fully saturated rings. The molecule has 0 aliphatic carbocycles. The zero-order chi connectivity index (χ0) is 99.3. The van der Waals surface area contributed by atoms with Gasteiger partial charge in [0.1, 0.15) is 60.4 Å². The molecule has 0 unspecified atom stereocenters. The van der Waals surface area contributed by atoms with Crippen LogP contribution in [0.4, 0.5) is 5.69 Å². The Morgan fingerprint density at radius 1 is 0.496 bits per heavy atom. The van der Waals surface area contributed by atoms with Crippen LogP contribution in [0.1, 0.15) is 127 Å². The number of guanidine groups is 3. The third-order valence-electron chi connectivity index (χ3n) is 22.1. The number of nitrogens with two attached hydrogens (primary N) is 4. The number of methoxy groups -OCH3 is 1. The molecule has 0 radical (unpaired) electrons. The topological polar surface area (TPSA) is 719 Å². The molecule has 48 nitrogen and oxygen atoms in total. The predicted molar refractivity (Wildman–Crippen MR) is 493 cm³/mol. The van der Waals surface area contributed by atoms with E-state index in [1.165, 1.54) is 21.0 Å². The number of ether oxygens (including phenoxy) is 3. The molecule has 7 atom stereocenters. The van der Waals surface area contributed by atoms with E-state index in [2.05, 4.69) is 63.8 Å². The van der Waals surface area contributed by atoms with Crippen LogP contribution in [0, 0.1) is 16.2 Å². The number of aliphatic carboxylic acids is 4. The molecule has 11 amide bonds. The Labute approximate surface area is 788 Å². The Kier molecular flexibility index (Phi) is 43.1. The van der Waals surface area contributed by atoms with Crippen LogP contribution in [-0.4, -0.2) is 341 Å². The Balaban J connectivity index is 1.09. The van der Waals surface area contributed by atoms with E-state index >= 15 is 4.79 Å². The van der Waals surface area contributed by atoms with Gasteiger partial charge in [-0.2, -0.15) is 5.10 Å². The molecule has 50 heteroatoms. The van der Waals surface area contributed by atoms with E-state index < -0.39 is 188 Å². The number of nitrogens with one attached hydrogen (secondary N) is 15. The second kappa shape index (κ2) is 53.6. The number of anilines is 1. The highest BCUT2D eigenvalue weighted by Gasteiger charge is 2.41. The van der Waals surface area contributed by atoms with Crippen molar-refractivity contribution in [2.45, 2.75) is 166 Å². The molecule has 4 heterocycles. The number of hydrogen-bond acceptors (Lipinski definition) is 26. The van der Waals surface area contributed by atoms with Crippen LogP contribution in [-0.2, 0) is 78.5 Å². The lowest BCUT2D eigenvalue weighted by atomic mass is 9.95. The lowest BCUT2D eigenvalue weighted by molar-refractivity contribution is -0.140. The summed E-state index contributed by atoms with van der Waals surface area (Å²) in [6.07, 6.45) is -2.89. The van der Waals surface area contributed by atoms with E-state index in [1.54, 1.807) is 77.7 Å². The van der Waals surface area contributed by atoms with E-state index in [9.17, 15) is 87.5 Å². The number of benzene rings is 3. The van der Waals surface area contributed by atoms with Gasteiger partial charge in [-0.1, -0.05) is 35.3 Å². The summed E-state index contributed by atoms with van der Waals surface area (Å²) < 4.78 is 19.6. The normalized spacial score (nSPS) is 15.7. The van der Waals surface area contributed by atoms with E-state index in [0.29, 0.717) is 80.6 Å². The summed E-state index contributed by atoms with van der Waals surface area (Å²) >= 11 is 13.1. The first-order valence-corrected chi connectivity index (χ1v) is 44.6. The monoisotopic (exact) mass is 1930 g/mol. The van der Waals surface area contributed by atoms with Crippen LogP contribution in [0.3, 0.4) is 0 Å². The molecule has 3 aromatic carbocycles. The Morgan fingerprint density at radius 2 is 0.948 bits per heavy atom. The van der Waals surface area contributed by atoms with Crippen LogP contribution in [0.25, 0.3) is 28.1 Å².